The molecule has 3 heterocycles. The minimum Gasteiger partial charge on any atom is -0.490 e. The van der Waals surface area contributed by atoms with Crippen LogP contribution in [-0.2, 0) is 16.0 Å². The smallest absolute Gasteiger partial charge is 0.254 e. The first-order valence-corrected chi connectivity index (χ1v) is 11.0. The maximum Gasteiger partial charge on any atom is 0.254 e. The Balaban J connectivity index is 1.29. The van der Waals surface area contributed by atoms with Crippen molar-refractivity contribution in [3.63, 3.8) is 0 Å². The van der Waals surface area contributed by atoms with Crippen molar-refractivity contribution in [2.75, 3.05) is 39.4 Å². The van der Waals surface area contributed by atoms with Gasteiger partial charge in [-0.05, 0) is 29.6 Å². The Kier molecular flexibility index (Phi) is 6.46. The highest BCUT2D eigenvalue weighted by molar-refractivity contribution is 7.10. The second kappa shape index (κ2) is 9.41. The predicted molar refractivity (Wildman–Crippen MR) is 111 cm³/mol. The summed E-state index contributed by atoms with van der Waals surface area (Å²) in [6, 6.07) is 11.4. The van der Waals surface area contributed by atoms with Gasteiger partial charge in [-0.1, -0.05) is 12.1 Å². The van der Waals surface area contributed by atoms with Crippen LogP contribution in [0, 0.1) is 0 Å². The van der Waals surface area contributed by atoms with Crippen LogP contribution in [0.4, 0.5) is 0 Å². The van der Waals surface area contributed by atoms with Crippen LogP contribution >= 0.6 is 11.3 Å². The van der Waals surface area contributed by atoms with Crippen LogP contribution < -0.4 is 4.74 Å². The number of ether oxygens (including phenoxy) is 2. The molecule has 0 saturated carbocycles. The Bertz CT molecular complexity index is 825. The first-order chi connectivity index (χ1) is 14.2. The van der Waals surface area contributed by atoms with Crippen molar-refractivity contribution >= 4 is 23.2 Å². The van der Waals surface area contributed by atoms with Crippen molar-refractivity contribution < 1.29 is 19.1 Å². The first kappa shape index (κ1) is 19.9. The van der Waals surface area contributed by atoms with E-state index in [1.54, 1.807) is 11.3 Å². The van der Waals surface area contributed by atoms with Gasteiger partial charge in [0.15, 0.2) is 0 Å². The molecule has 0 aliphatic carbocycles. The highest BCUT2D eigenvalue weighted by Gasteiger charge is 2.25. The van der Waals surface area contributed by atoms with Gasteiger partial charge in [0.1, 0.15) is 11.9 Å². The minimum absolute atomic E-state index is 0.0211. The molecular weight excluding hydrogens is 388 g/mol. The maximum absolute atomic E-state index is 12.7. The molecule has 0 unspecified atom stereocenters. The minimum atomic E-state index is 0.0211. The number of piperidine rings is 1. The molecule has 154 valence electrons. The number of likely N-dealkylation sites (tertiary alicyclic amines) is 1. The summed E-state index contributed by atoms with van der Waals surface area (Å²) in [5.41, 5.74) is 0.646. The van der Waals surface area contributed by atoms with Gasteiger partial charge in [0, 0.05) is 49.5 Å². The average Bonchev–Trinajstić information content (AvgIpc) is 3.27. The zero-order chi connectivity index (χ0) is 20.1. The molecule has 2 aromatic rings. The van der Waals surface area contributed by atoms with Crippen LogP contribution in [-0.4, -0.2) is 67.1 Å². The van der Waals surface area contributed by atoms with Crippen molar-refractivity contribution in [3.05, 3.63) is 52.2 Å². The largest absolute Gasteiger partial charge is 0.490 e. The van der Waals surface area contributed by atoms with E-state index in [1.807, 2.05) is 51.6 Å². The Morgan fingerprint density at radius 2 is 1.83 bits per heavy atom. The molecule has 0 atom stereocenters. The van der Waals surface area contributed by atoms with E-state index in [1.165, 1.54) is 0 Å². The lowest BCUT2D eigenvalue weighted by Gasteiger charge is -2.32. The first-order valence-electron chi connectivity index (χ1n) is 10.1. The van der Waals surface area contributed by atoms with Crippen molar-refractivity contribution in [1.29, 1.82) is 0 Å². The summed E-state index contributed by atoms with van der Waals surface area (Å²) in [6.45, 7) is 3.85. The molecule has 2 fully saturated rings. The van der Waals surface area contributed by atoms with Crippen molar-refractivity contribution in [2.45, 2.75) is 25.4 Å². The number of amides is 2. The number of rotatable bonds is 5. The number of hydrogen-bond donors (Lipinski definition) is 0. The molecule has 1 aromatic carbocycles. The lowest BCUT2D eigenvalue weighted by atomic mass is 10.1. The number of hydrogen-bond acceptors (Lipinski definition) is 5. The van der Waals surface area contributed by atoms with Gasteiger partial charge in [-0.2, -0.15) is 0 Å². The number of carbonyl (C=O) groups is 2. The van der Waals surface area contributed by atoms with Gasteiger partial charge in [0.05, 0.1) is 19.6 Å². The molecule has 2 aliphatic rings. The van der Waals surface area contributed by atoms with Gasteiger partial charge in [-0.15, -0.1) is 11.3 Å². The second-order valence-corrected chi connectivity index (χ2v) is 8.42. The van der Waals surface area contributed by atoms with Gasteiger partial charge in [0.25, 0.3) is 5.91 Å². The second-order valence-electron chi connectivity index (χ2n) is 7.39. The third-order valence-electron chi connectivity index (χ3n) is 5.38. The molecular formula is C22H26N2O4S. The molecule has 0 radical (unpaired) electrons. The molecule has 2 amide bonds. The number of carbonyl (C=O) groups excluding carboxylic acids is 2. The van der Waals surface area contributed by atoms with Crippen LogP contribution in [0.3, 0.4) is 0 Å². The summed E-state index contributed by atoms with van der Waals surface area (Å²) >= 11 is 1.62. The number of nitrogens with zero attached hydrogens (tertiary/aromatic N) is 2. The van der Waals surface area contributed by atoms with Crippen molar-refractivity contribution in [3.8, 4) is 5.75 Å². The molecule has 6 nitrogen and oxygen atoms in total. The summed E-state index contributed by atoms with van der Waals surface area (Å²) in [5.74, 6) is 0.921. The molecule has 1 aromatic heterocycles. The van der Waals surface area contributed by atoms with E-state index >= 15 is 0 Å². The fraction of sp³-hybridized carbons (Fsp3) is 0.455. The number of benzene rings is 1. The topological polar surface area (TPSA) is 59.1 Å². The molecule has 0 bridgehead atoms. The van der Waals surface area contributed by atoms with Gasteiger partial charge in [-0.25, -0.2) is 0 Å². The molecule has 2 aliphatic heterocycles. The van der Waals surface area contributed by atoms with Gasteiger partial charge in [-0.3, -0.25) is 9.59 Å². The fourth-order valence-electron chi connectivity index (χ4n) is 3.74. The number of thiophene rings is 1. The quantitative estimate of drug-likeness (QED) is 0.755. The Labute approximate surface area is 175 Å². The van der Waals surface area contributed by atoms with E-state index in [-0.39, 0.29) is 17.9 Å². The van der Waals surface area contributed by atoms with Crippen LogP contribution in [0.15, 0.2) is 41.8 Å². The summed E-state index contributed by atoms with van der Waals surface area (Å²) in [7, 11) is 0. The van der Waals surface area contributed by atoms with Crippen molar-refractivity contribution in [1.82, 2.24) is 9.80 Å². The lowest BCUT2D eigenvalue weighted by Crippen LogP contribution is -2.42. The van der Waals surface area contributed by atoms with E-state index in [0.29, 0.717) is 57.1 Å². The van der Waals surface area contributed by atoms with Crippen LogP contribution in [0.5, 0.6) is 5.75 Å². The zero-order valence-corrected chi connectivity index (χ0v) is 17.2. The highest BCUT2D eigenvalue weighted by atomic mass is 32.1. The third-order valence-corrected chi connectivity index (χ3v) is 6.26. The van der Waals surface area contributed by atoms with Crippen LogP contribution in [0.25, 0.3) is 0 Å². The monoisotopic (exact) mass is 414 g/mol. The molecule has 7 heteroatoms. The number of morpholine rings is 1. The fourth-order valence-corrected chi connectivity index (χ4v) is 4.44. The molecule has 4 rings (SSSR count). The van der Waals surface area contributed by atoms with Crippen LogP contribution in [0.1, 0.15) is 28.1 Å². The zero-order valence-electron chi connectivity index (χ0n) is 16.4. The van der Waals surface area contributed by atoms with Gasteiger partial charge in [0.2, 0.25) is 5.91 Å². The molecule has 29 heavy (non-hydrogen) atoms. The summed E-state index contributed by atoms with van der Waals surface area (Å²) < 4.78 is 11.5. The lowest BCUT2D eigenvalue weighted by molar-refractivity contribution is -0.132. The third kappa shape index (κ3) is 5.16. The average molecular weight is 415 g/mol. The van der Waals surface area contributed by atoms with E-state index in [4.69, 9.17) is 9.47 Å². The van der Waals surface area contributed by atoms with E-state index in [0.717, 1.165) is 17.7 Å². The van der Waals surface area contributed by atoms with E-state index < -0.39 is 0 Å². The standard InChI is InChI=1S/C22H26N2O4S/c25-21(16-20-5-2-14-29-20)23-8-6-18(7-9-23)28-19-4-1-3-17(15-19)22(26)24-10-12-27-13-11-24/h1-5,14-15,18H,6-13,16H2. The Morgan fingerprint density at radius 3 is 2.55 bits per heavy atom. The van der Waals surface area contributed by atoms with E-state index in [2.05, 4.69) is 0 Å². The van der Waals surface area contributed by atoms with E-state index in [9.17, 15) is 9.59 Å². The summed E-state index contributed by atoms with van der Waals surface area (Å²) in [4.78, 5) is 30.0. The Hall–Kier alpha value is -2.38. The van der Waals surface area contributed by atoms with Crippen molar-refractivity contribution in [2.24, 2.45) is 0 Å². The van der Waals surface area contributed by atoms with Gasteiger partial charge < -0.3 is 19.3 Å². The molecule has 0 spiro atoms. The summed E-state index contributed by atoms with van der Waals surface area (Å²) in [5, 5.41) is 2.00. The Morgan fingerprint density at radius 1 is 1.03 bits per heavy atom. The summed E-state index contributed by atoms with van der Waals surface area (Å²) in [6.07, 6.45) is 2.15. The normalized spacial score (nSPS) is 17.9. The predicted octanol–water partition coefficient (Wildman–Crippen LogP) is 2.83. The SMILES string of the molecule is O=C(Cc1cccs1)N1CCC(Oc2cccc(C(=O)N3CCOCC3)c2)CC1. The highest BCUT2D eigenvalue weighted by Crippen LogP contribution is 2.22. The molecule has 2 saturated heterocycles. The maximum atomic E-state index is 12.7. The molecule has 0 N–H and O–H groups in total. The van der Waals surface area contributed by atoms with Gasteiger partial charge >= 0.3 is 0 Å². The van der Waals surface area contributed by atoms with Crippen LogP contribution in [0.2, 0.25) is 0 Å².